The molecule has 1 aliphatic heterocycles. The zero-order valence-electron chi connectivity index (χ0n) is 16.8. The molecule has 32 heavy (non-hydrogen) atoms. The van der Waals surface area contributed by atoms with Crippen LogP contribution < -0.4 is 4.74 Å². The van der Waals surface area contributed by atoms with Gasteiger partial charge in [-0.2, -0.15) is 0 Å². The number of hydrogen-bond acceptors (Lipinski definition) is 5. The second-order valence-corrected chi connectivity index (χ2v) is 6.61. The molecule has 0 saturated carbocycles. The Balaban J connectivity index is 0.000000164. The number of para-hydroxylation sites is 4. The molecule has 1 aliphatic rings. The van der Waals surface area contributed by atoms with E-state index in [1.54, 1.807) is 18.5 Å². The Morgan fingerprint density at radius 1 is 0.719 bits per heavy atom. The standard InChI is InChI=1S/C15H9N2O2.C10H8N2.Ru/c1-3-7-12-10(5-1)16-14(18-12)9-15-17-11-6-2-4-8-13(11)19-15;1-3-7-11-9(5-1)10-6-2-4-8-12-10;/h1-9H;1-8H;/q-1;;+1/b14-9+;;. The summed E-state index contributed by atoms with van der Waals surface area (Å²) in [4.78, 5) is 12.7. The topological polar surface area (TPSA) is 75.1 Å². The van der Waals surface area contributed by atoms with Crippen molar-refractivity contribution < 1.29 is 28.6 Å². The average Bonchev–Trinajstić information content (AvgIpc) is 3.43. The molecular formula is C25H17N4O2Ru. The van der Waals surface area contributed by atoms with Crippen molar-refractivity contribution >= 4 is 22.9 Å². The summed E-state index contributed by atoms with van der Waals surface area (Å²) in [6.07, 6.45) is 5.23. The van der Waals surface area contributed by atoms with Gasteiger partial charge in [-0.05, 0) is 42.5 Å². The summed E-state index contributed by atoms with van der Waals surface area (Å²) in [7, 11) is 0. The molecule has 5 aromatic rings. The van der Waals surface area contributed by atoms with Crippen molar-refractivity contribution in [2.45, 2.75) is 0 Å². The first-order valence-electron chi connectivity index (χ1n) is 9.73. The maximum absolute atomic E-state index is 5.60. The van der Waals surface area contributed by atoms with E-state index in [0.717, 1.165) is 33.9 Å². The molecule has 3 aromatic heterocycles. The first kappa shape index (κ1) is 21.4. The molecule has 4 heterocycles. The first-order valence-corrected chi connectivity index (χ1v) is 9.73. The van der Waals surface area contributed by atoms with Gasteiger partial charge in [0.05, 0.1) is 11.4 Å². The van der Waals surface area contributed by atoms with Crippen LogP contribution in [0, 0.1) is 0 Å². The van der Waals surface area contributed by atoms with Crippen LogP contribution in [-0.2, 0) is 19.5 Å². The van der Waals surface area contributed by atoms with Crippen LogP contribution in [-0.4, -0.2) is 15.0 Å². The Kier molecular flexibility index (Phi) is 6.68. The van der Waals surface area contributed by atoms with Crippen molar-refractivity contribution in [1.29, 1.82) is 0 Å². The number of hydrogen-bond donors (Lipinski definition) is 0. The van der Waals surface area contributed by atoms with Gasteiger partial charge in [0.15, 0.2) is 5.58 Å². The average molecular weight is 507 g/mol. The molecule has 0 N–H and O–H groups in total. The minimum absolute atomic E-state index is 0. The fourth-order valence-corrected chi connectivity index (χ4v) is 3.04. The van der Waals surface area contributed by atoms with Crippen LogP contribution in [0.5, 0.6) is 5.75 Å². The van der Waals surface area contributed by atoms with Crippen molar-refractivity contribution in [3.63, 3.8) is 0 Å². The summed E-state index contributed by atoms with van der Waals surface area (Å²) in [6, 6.07) is 26.8. The number of rotatable bonds is 2. The summed E-state index contributed by atoms with van der Waals surface area (Å²) in [5, 5.41) is 4.36. The summed E-state index contributed by atoms with van der Waals surface area (Å²) >= 11 is 0. The SMILES string of the molecule is C(=C1/[N-]c2ccccc2O1)/c1nc2ccccc2o1.[Ru+].c1ccc(-c2ccccn2)nc1. The number of pyridine rings is 2. The maximum Gasteiger partial charge on any atom is 1.00 e. The molecule has 0 amide bonds. The van der Waals surface area contributed by atoms with E-state index in [0.29, 0.717) is 11.8 Å². The molecule has 7 heteroatoms. The third-order valence-electron chi connectivity index (χ3n) is 4.46. The number of ether oxygens (including phenoxy) is 1. The molecule has 6 rings (SSSR count). The first-order chi connectivity index (χ1) is 15.3. The van der Waals surface area contributed by atoms with E-state index in [4.69, 9.17) is 9.15 Å². The largest absolute Gasteiger partial charge is 1.00 e. The van der Waals surface area contributed by atoms with E-state index in [1.165, 1.54) is 0 Å². The molecule has 157 valence electrons. The molecule has 0 fully saturated rings. The van der Waals surface area contributed by atoms with Gasteiger partial charge < -0.3 is 14.5 Å². The Bertz CT molecular complexity index is 1240. The number of oxazole rings is 1. The normalized spacial score (nSPS) is 12.7. The summed E-state index contributed by atoms with van der Waals surface area (Å²) < 4.78 is 11.2. The molecule has 1 radical (unpaired) electrons. The van der Waals surface area contributed by atoms with Crippen molar-refractivity contribution in [2.24, 2.45) is 0 Å². The van der Waals surface area contributed by atoms with E-state index in [9.17, 15) is 0 Å². The predicted octanol–water partition coefficient (Wildman–Crippen LogP) is 6.37. The van der Waals surface area contributed by atoms with Gasteiger partial charge in [0.25, 0.3) is 0 Å². The van der Waals surface area contributed by atoms with Gasteiger partial charge in [-0.25, -0.2) is 4.98 Å². The Hall–Kier alpha value is -3.83. The summed E-state index contributed by atoms with van der Waals surface area (Å²) in [5.41, 5.74) is 4.23. The quantitative estimate of drug-likeness (QED) is 0.260. The number of benzene rings is 2. The minimum atomic E-state index is 0. The molecule has 2 aromatic carbocycles. The van der Waals surface area contributed by atoms with Crippen molar-refractivity contribution in [3.05, 3.63) is 114 Å². The smallest absolute Gasteiger partial charge is 0.624 e. The number of fused-ring (bicyclic) bond motifs is 2. The monoisotopic (exact) mass is 507 g/mol. The van der Waals surface area contributed by atoms with E-state index < -0.39 is 0 Å². The van der Waals surface area contributed by atoms with Crippen LogP contribution in [0.25, 0.3) is 33.9 Å². The van der Waals surface area contributed by atoms with Crippen LogP contribution in [0.1, 0.15) is 5.89 Å². The van der Waals surface area contributed by atoms with E-state index in [2.05, 4.69) is 20.3 Å². The predicted molar refractivity (Wildman–Crippen MR) is 120 cm³/mol. The van der Waals surface area contributed by atoms with Gasteiger partial charge in [0, 0.05) is 24.4 Å². The van der Waals surface area contributed by atoms with Crippen molar-refractivity contribution in [1.82, 2.24) is 15.0 Å². The maximum atomic E-state index is 5.60. The third kappa shape index (κ3) is 4.90. The van der Waals surface area contributed by atoms with E-state index in [1.807, 2.05) is 84.9 Å². The number of aromatic nitrogens is 3. The van der Waals surface area contributed by atoms with Crippen LogP contribution in [0.15, 0.2) is 108 Å². The Labute approximate surface area is 197 Å². The third-order valence-corrected chi connectivity index (χ3v) is 4.46. The molecular weight excluding hydrogens is 489 g/mol. The molecule has 0 atom stereocenters. The fourth-order valence-electron chi connectivity index (χ4n) is 3.04. The zero-order chi connectivity index (χ0) is 20.9. The molecule has 0 unspecified atom stereocenters. The molecule has 0 bridgehead atoms. The van der Waals surface area contributed by atoms with E-state index >= 15 is 0 Å². The van der Waals surface area contributed by atoms with Gasteiger partial charge in [-0.1, -0.05) is 48.2 Å². The second-order valence-electron chi connectivity index (χ2n) is 6.61. The van der Waals surface area contributed by atoms with Crippen molar-refractivity contribution in [2.75, 3.05) is 0 Å². The van der Waals surface area contributed by atoms with E-state index in [-0.39, 0.29) is 19.5 Å². The van der Waals surface area contributed by atoms with Crippen LogP contribution in [0.4, 0.5) is 5.69 Å². The van der Waals surface area contributed by atoms with Gasteiger partial charge in [0.2, 0.25) is 5.89 Å². The van der Waals surface area contributed by atoms with Gasteiger partial charge in [-0.15, -0.1) is 0 Å². The van der Waals surface area contributed by atoms with Gasteiger partial charge in [-0.3, -0.25) is 9.97 Å². The number of nitrogens with zero attached hydrogens (tertiary/aromatic N) is 4. The van der Waals surface area contributed by atoms with Crippen molar-refractivity contribution in [3.8, 4) is 17.1 Å². The zero-order valence-corrected chi connectivity index (χ0v) is 18.5. The minimum Gasteiger partial charge on any atom is -0.624 e. The fraction of sp³-hybridized carbons (Fsp3) is 0. The molecule has 6 nitrogen and oxygen atoms in total. The molecule has 0 spiro atoms. The van der Waals surface area contributed by atoms with Crippen LogP contribution in [0.3, 0.4) is 0 Å². The molecule has 0 saturated heterocycles. The summed E-state index contributed by atoms with van der Waals surface area (Å²) in [6.45, 7) is 0. The Morgan fingerprint density at radius 3 is 2.03 bits per heavy atom. The van der Waals surface area contributed by atoms with Gasteiger partial charge in [0.1, 0.15) is 11.3 Å². The Morgan fingerprint density at radius 2 is 1.38 bits per heavy atom. The van der Waals surface area contributed by atoms with Gasteiger partial charge >= 0.3 is 19.5 Å². The molecule has 0 aliphatic carbocycles. The van der Waals surface area contributed by atoms with Crippen LogP contribution in [0.2, 0.25) is 0 Å². The van der Waals surface area contributed by atoms with Crippen LogP contribution >= 0.6 is 0 Å². The summed E-state index contributed by atoms with van der Waals surface area (Å²) in [5.74, 6) is 1.74. The second kappa shape index (κ2) is 9.99.